The van der Waals surface area contributed by atoms with Gasteiger partial charge in [-0.1, -0.05) is 24.3 Å². The molecule has 2 heteroatoms. The normalized spacial score (nSPS) is 11.5. The van der Waals surface area contributed by atoms with Crippen molar-refractivity contribution in [1.29, 1.82) is 0 Å². The van der Waals surface area contributed by atoms with Gasteiger partial charge in [0.1, 0.15) is 17.1 Å². The van der Waals surface area contributed by atoms with Gasteiger partial charge in [0.25, 0.3) is 0 Å². The van der Waals surface area contributed by atoms with Gasteiger partial charge in [-0.15, -0.1) is 0 Å². The Morgan fingerprint density at radius 1 is 0.714 bits per heavy atom. The molecule has 0 fully saturated rings. The van der Waals surface area contributed by atoms with E-state index in [0.29, 0.717) is 0 Å². The Balaban J connectivity index is 2.11. The van der Waals surface area contributed by atoms with Crippen LogP contribution in [-0.4, -0.2) is 11.7 Å². The van der Waals surface area contributed by atoms with Crippen molar-refractivity contribution in [1.82, 2.24) is 0 Å². The van der Waals surface area contributed by atoms with E-state index in [2.05, 4.69) is 24.3 Å². The molecule has 0 unspecified atom stereocenters. The summed E-state index contributed by atoms with van der Waals surface area (Å²) in [5.41, 5.74) is 2.18. The number of ether oxygens (including phenoxy) is 2. The van der Waals surface area contributed by atoms with Gasteiger partial charge in [-0.05, 0) is 70.0 Å². The Morgan fingerprint density at radius 2 is 1.14 bits per heavy atom. The van der Waals surface area contributed by atoms with Crippen LogP contribution in [0.25, 0.3) is 11.1 Å². The lowest BCUT2D eigenvalue weighted by Crippen LogP contribution is -2.22. The molecule has 0 radical (unpaired) electrons. The fraction of sp³-hybridized carbons (Fsp3) is 0.368. The fourth-order valence-electron chi connectivity index (χ4n) is 2.07. The van der Waals surface area contributed by atoms with E-state index >= 15 is 0 Å². The first-order valence-electron chi connectivity index (χ1n) is 7.40. The van der Waals surface area contributed by atoms with Crippen molar-refractivity contribution >= 4 is 0 Å². The molecule has 112 valence electrons. The molecule has 0 aromatic heterocycles. The van der Waals surface area contributed by atoms with Crippen LogP contribution in [0.1, 0.15) is 34.6 Å². The predicted molar refractivity (Wildman–Crippen MR) is 88.0 cm³/mol. The Kier molecular flexibility index (Phi) is 4.56. The predicted octanol–water partition coefficient (Wildman–Crippen LogP) is 5.32. The van der Waals surface area contributed by atoms with Crippen LogP contribution in [0.15, 0.2) is 48.5 Å². The largest absolute Gasteiger partial charge is 0.491 e. The van der Waals surface area contributed by atoms with Crippen LogP contribution >= 0.6 is 0 Å². The first-order chi connectivity index (χ1) is 9.83. The Bertz CT molecular complexity index is 560. The fourth-order valence-corrected chi connectivity index (χ4v) is 2.07. The topological polar surface area (TPSA) is 18.5 Å². The molecule has 2 aromatic carbocycles. The van der Waals surface area contributed by atoms with Crippen molar-refractivity contribution < 1.29 is 9.47 Å². The maximum absolute atomic E-state index is 5.84. The van der Waals surface area contributed by atoms with Gasteiger partial charge >= 0.3 is 0 Å². The van der Waals surface area contributed by atoms with Crippen molar-refractivity contribution in [2.24, 2.45) is 0 Å². The molecular formula is C19H24O2. The Labute approximate surface area is 127 Å². The number of benzene rings is 2. The molecule has 0 amide bonds. The standard InChI is InChI=1S/C19H24O2/c1-14(2)20-17-10-6-15(7-11-17)16-8-12-18(13-9-16)21-19(3,4)5/h6-14H,1-5H3. The van der Waals surface area contributed by atoms with Crippen LogP contribution in [-0.2, 0) is 0 Å². The third-order valence-corrected chi connectivity index (χ3v) is 2.84. The highest BCUT2D eigenvalue weighted by Gasteiger charge is 2.11. The lowest BCUT2D eigenvalue weighted by atomic mass is 10.1. The average Bonchev–Trinajstić information content (AvgIpc) is 2.38. The summed E-state index contributed by atoms with van der Waals surface area (Å²) < 4.78 is 11.5. The van der Waals surface area contributed by atoms with Crippen LogP contribution in [0.4, 0.5) is 0 Å². The maximum Gasteiger partial charge on any atom is 0.120 e. The Hall–Kier alpha value is -1.96. The van der Waals surface area contributed by atoms with Crippen LogP contribution in [0.5, 0.6) is 11.5 Å². The summed E-state index contributed by atoms with van der Waals surface area (Å²) in [6.45, 7) is 10.2. The molecule has 2 aromatic rings. The first-order valence-corrected chi connectivity index (χ1v) is 7.40. The van der Waals surface area contributed by atoms with E-state index in [4.69, 9.17) is 9.47 Å². The monoisotopic (exact) mass is 284 g/mol. The molecule has 0 atom stereocenters. The maximum atomic E-state index is 5.84. The summed E-state index contributed by atoms with van der Waals surface area (Å²) in [5, 5.41) is 0. The molecule has 0 spiro atoms. The van der Waals surface area contributed by atoms with Gasteiger partial charge in [0.05, 0.1) is 6.10 Å². The summed E-state index contributed by atoms with van der Waals surface area (Å²) in [4.78, 5) is 0. The summed E-state index contributed by atoms with van der Waals surface area (Å²) in [5.74, 6) is 1.80. The van der Waals surface area contributed by atoms with Gasteiger partial charge in [0.15, 0.2) is 0 Å². The molecule has 2 nitrogen and oxygen atoms in total. The number of hydrogen-bond donors (Lipinski definition) is 0. The molecule has 0 saturated carbocycles. The smallest absolute Gasteiger partial charge is 0.120 e. The average molecular weight is 284 g/mol. The highest BCUT2D eigenvalue weighted by atomic mass is 16.5. The van der Waals surface area contributed by atoms with E-state index in [-0.39, 0.29) is 11.7 Å². The minimum Gasteiger partial charge on any atom is -0.491 e. The molecule has 0 aliphatic heterocycles. The molecule has 0 aliphatic rings. The highest BCUT2D eigenvalue weighted by molar-refractivity contribution is 5.64. The molecular weight excluding hydrogens is 260 g/mol. The zero-order valence-corrected chi connectivity index (χ0v) is 13.5. The van der Waals surface area contributed by atoms with E-state index < -0.39 is 0 Å². The van der Waals surface area contributed by atoms with Gasteiger partial charge in [-0.25, -0.2) is 0 Å². The number of hydrogen-bond acceptors (Lipinski definition) is 2. The minimum atomic E-state index is -0.169. The van der Waals surface area contributed by atoms with Crippen molar-refractivity contribution in [3.05, 3.63) is 48.5 Å². The van der Waals surface area contributed by atoms with E-state index in [0.717, 1.165) is 11.5 Å². The molecule has 0 bridgehead atoms. The third kappa shape index (κ3) is 4.82. The van der Waals surface area contributed by atoms with Crippen molar-refractivity contribution in [2.45, 2.75) is 46.3 Å². The number of rotatable bonds is 4. The molecule has 0 saturated heterocycles. The summed E-state index contributed by atoms with van der Waals surface area (Å²) in [6.07, 6.45) is 0.199. The first kappa shape index (κ1) is 15.4. The van der Waals surface area contributed by atoms with Crippen LogP contribution in [0.3, 0.4) is 0 Å². The molecule has 0 N–H and O–H groups in total. The van der Waals surface area contributed by atoms with Crippen LogP contribution in [0.2, 0.25) is 0 Å². The van der Waals surface area contributed by atoms with Crippen LogP contribution in [0, 0.1) is 0 Å². The summed E-state index contributed by atoms with van der Waals surface area (Å²) in [7, 11) is 0. The minimum absolute atomic E-state index is 0.169. The van der Waals surface area contributed by atoms with Gasteiger partial charge in [-0.2, -0.15) is 0 Å². The van der Waals surface area contributed by atoms with E-state index in [1.54, 1.807) is 0 Å². The second kappa shape index (κ2) is 6.21. The van der Waals surface area contributed by atoms with Crippen molar-refractivity contribution in [3.63, 3.8) is 0 Å². The summed E-state index contributed by atoms with van der Waals surface area (Å²) >= 11 is 0. The second-order valence-corrected chi connectivity index (χ2v) is 6.43. The van der Waals surface area contributed by atoms with Crippen LogP contribution < -0.4 is 9.47 Å². The lowest BCUT2D eigenvalue weighted by molar-refractivity contribution is 0.131. The zero-order valence-electron chi connectivity index (χ0n) is 13.5. The molecule has 21 heavy (non-hydrogen) atoms. The third-order valence-electron chi connectivity index (χ3n) is 2.84. The lowest BCUT2D eigenvalue weighted by Gasteiger charge is -2.21. The SMILES string of the molecule is CC(C)Oc1ccc(-c2ccc(OC(C)(C)C)cc2)cc1. The Morgan fingerprint density at radius 3 is 1.52 bits per heavy atom. The molecule has 0 aliphatic carbocycles. The van der Waals surface area contributed by atoms with Crippen molar-refractivity contribution in [2.75, 3.05) is 0 Å². The highest BCUT2D eigenvalue weighted by Crippen LogP contribution is 2.26. The summed E-state index contributed by atoms with van der Waals surface area (Å²) in [6, 6.07) is 16.4. The molecule has 0 heterocycles. The van der Waals surface area contributed by atoms with E-state index in [1.165, 1.54) is 11.1 Å². The van der Waals surface area contributed by atoms with Gasteiger partial charge in [-0.3, -0.25) is 0 Å². The second-order valence-electron chi connectivity index (χ2n) is 6.43. The van der Waals surface area contributed by atoms with Gasteiger partial charge in [0.2, 0.25) is 0 Å². The van der Waals surface area contributed by atoms with Crippen molar-refractivity contribution in [3.8, 4) is 22.6 Å². The zero-order chi connectivity index (χ0) is 15.5. The van der Waals surface area contributed by atoms with E-state index in [1.807, 2.05) is 58.9 Å². The van der Waals surface area contributed by atoms with E-state index in [9.17, 15) is 0 Å². The molecule has 2 rings (SSSR count). The van der Waals surface area contributed by atoms with Gasteiger partial charge in [0, 0.05) is 0 Å². The quantitative estimate of drug-likeness (QED) is 0.756. The van der Waals surface area contributed by atoms with Gasteiger partial charge < -0.3 is 9.47 Å².